The van der Waals surface area contributed by atoms with Gasteiger partial charge in [-0.3, -0.25) is 4.79 Å². The van der Waals surface area contributed by atoms with Gasteiger partial charge in [0.25, 0.3) is 0 Å². The molecule has 0 fully saturated rings. The van der Waals surface area contributed by atoms with Crippen LogP contribution in [0.4, 0.5) is 8.78 Å². The highest BCUT2D eigenvalue weighted by Gasteiger charge is 2.21. The predicted molar refractivity (Wildman–Crippen MR) is 67.0 cm³/mol. The molecule has 102 valence electrons. The van der Waals surface area contributed by atoms with Crippen molar-refractivity contribution in [3.8, 4) is 11.5 Å². The molecule has 2 aromatic rings. The number of Topliss-reactive ketones (excluding diaryl/α,β-unsaturated/α-hetero) is 1. The average Bonchev–Trinajstić information content (AvgIpc) is 2.81. The average molecular weight is 276 g/mol. The van der Waals surface area contributed by atoms with Gasteiger partial charge in [-0.15, -0.1) is 0 Å². The number of halogens is 2. The van der Waals surface area contributed by atoms with Crippen molar-refractivity contribution in [1.29, 1.82) is 0 Å². The van der Waals surface area contributed by atoms with E-state index in [0.717, 1.165) is 18.2 Å². The van der Waals surface area contributed by atoms with E-state index < -0.39 is 11.6 Å². The highest BCUT2D eigenvalue weighted by atomic mass is 19.1. The van der Waals surface area contributed by atoms with E-state index in [4.69, 9.17) is 9.47 Å². The molecule has 20 heavy (non-hydrogen) atoms. The SMILES string of the molecule is O=C1COc2cc(OCc3cc(F)ccc3F)ccc21. The Morgan fingerprint density at radius 1 is 1.15 bits per heavy atom. The van der Waals surface area contributed by atoms with Gasteiger partial charge in [-0.2, -0.15) is 0 Å². The van der Waals surface area contributed by atoms with Crippen LogP contribution in [0.2, 0.25) is 0 Å². The van der Waals surface area contributed by atoms with E-state index in [-0.39, 0.29) is 24.6 Å². The fourth-order valence-corrected chi connectivity index (χ4v) is 1.98. The van der Waals surface area contributed by atoms with Gasteiger partial charge in [-0.25, -0.2) is 8.78 Å². The minimum Gasteiger partial charge on any atom is -0.489 e. The Morgan fingerprint density at radius 2 is 2.00 bits per heavy atom. The Labute approximate surface area is 113 Å². The first kappa shape index (κ1) is 12.6. The molecule has 3 nitrogen and oxygen atoms in total. The lowest BCUT2D eigenvalue weighted by molar-refractivity contribution is 0.0961. The summed E-state index contributed by atoms with van der Waals surface area (Å²) in [6, 6.07) is 7.96. The number of ketones is 1. The van der Waals surface area contributed by atoms with Gasteiger partial charge in [-0.1, -0.05) is 0 Å². The van der Waals surface area contributed by atoms with E-state index in [1.165, 1.54) is 0 Å². The predicted octanol–water partition coefficient (Wildman–Crippen LogP) is 3.12. The lowest BCUT2D eigenvalue weighted by Crippen LogP contribution is -1.99. The first-order valence-corrected chi connectivity index (χ1v) is 6.00. The molecule has 1 aliphatic rings. The van der Waals surface area contributed by atoms with Crippen molar-refractivity contribution in [3.05, 3.63) is 59.2 Å². The van der Waals surface area contributed by atoms with Crippen LogP contribution in [0.1, 0.15) is 15.9 Å². The molecule has 1 heterocycles. The van der Waals surface area contributed by atoms with Gasteiger partial charge in [0.05, 0.1) is 5.56 Å². The van der Waals surface area contributed by atoms with E-state index in [9.17, 15) is 13.6 Å². The Morgan fingerprint density at radius 3 is 2.85 bits per heavy atom. The molecule has 0 unspecified atom stereocenters. The minimum atomic E-state index is -0.529. The van der Waals surface area contributed by atoms with E-state index in [0.29, 0.717) is 17.1 Å². The number of hydrogen-bond acceptors (Lipinski definition) is 3. The van der Waals surface area contributed by atoms with Crippen LogP contribution in [0.25, 0.3) is 0 Å². The summed E-state index contributed by atoms with van der Waals surface area (Å²) < 4.78 is 37.0. The number of ether oxygens (including phenoxy) is 2. The van der Waals surface area contributed by atoms with Crippen molar-refractivity contribution >= 4 is 5.78 Å². The molecule has 1 aliphatic heterocycles. The van der Waals surface area contributed by atoms with Crippen LogP contribution in [0.5, 0.6) is 11.5 Å². The highest BCUT2D eigenvalue weighted by Crippen LogP contribution is 2.29. The topological polar surface area (TPSA) is 35.5 Å². The summed E-state index contributed by atoms with van der Waals surface area (Å²) in [5.41, 5.74) is 0.636. The van der Waals surface area contributed by atoms with Crippen LogP contribution in [-0.2, 0) is 6.61 Å². The molecule has 0 saturated heterocycles. The lowest BCUT2D eigenvalue weighted by Gasteiger charge is -2.08. The van der Waals surface area contributed by atoms with Crippen LogP contribution in [0.15, 0.2) is 36.4 Å². The molecule has 0 spiro atoms. The summed E-state index contributed by atoms with van der Waals surface area (Å²) in [6.45, 7) is -0.0758. The normalized spacial score (nSPS) is 13.0. The quantitative estimate of drug-likeness (QED) is 0.864. The molecular formula is C15H10F2O3. The molecule has 0 radical (unpaired) electrons. The summed E-state index contributed by atoms with van der Waals surface area (Å²) in [6.07, 6.45) is 0. The molecule has 0 N–H and O–H groups in total. The van der Waals surface area contributed by atoms with Gasteiger partial charge < -0.3 is 9.47 Å². The van der Waals surface area contributed by atoms with Crippen molar-refractivity contribution in [3.63, 3.8) is 0 Å². The summed E-state index contributed by atoms with van der Waals surface area (Å²) in [5, 5.41) is 0. The molecule has 0 amide bonds. The number of benzene rings is 2. The number of hydrogen-bond donors (Lipinski definition) is 0. The third kappa shape index (κ3) is 2.34. The molecule has 5 heteroatoms. The van der Waals surface area contributed by atoms with Gasteiger partial charge in [0.1, 0.15) is 29.7 Å². The van der Waals surface area contributed by atoms with Crippen molar-refractivity contribution in [2.75, 3.05) is 6.61 Å². The zero-order valence-electron chi connectivity index (χ0n) is 10.4. The van der Waals surface area contributed by atoms with Crippen LogP contribution in [-0.4, -0.2) is 12.4 Å². The number of carbonyl (C=O) groups excluding carboxylic acids is 1. The molecule has 2 aromatic carbocycles. The van der Waals surface area contributed by atoms with Gasteiger partial charge in [-0.05, 0) is 30.3 Å². The highest BCUT2D eigenvalue weighted by molar-refractivity contribution is 6.02. The number of rotatable bonds is 3. The summed E-state index contributed by atoms with van der Waals surface area (Å²) in [4.78, 5) is 11.4. The third-order valence-corrected chi connectivity index (χ3v) is 3.01. The largest absolute Gasteiger partial charge is 0.489 e. The van der Waals surface area contributed by atoms with Gasteiger partial charge >= 0.3 is 0 Å². The fraction of sp³-hybridized carbons (Fsp3) is 0.133. The first-order chi connectivity index (χ1) is 9.63. The van der Waals surface area contributed by atoms with Crippen molar-refractivity contribution in [1.82, 2.24) is 0 Å². The fourth-order valence-electron chi connectivity index (χ4n) is 1.98. The third-order valence-electron chi connectivity index (χ3n) is 3.01. The second kappa shape index (κ2) is 4.92. The smallest absolute Gasteiger partial charge is 0.203 e. The second-order valence-electron chi connectivity index (χ2n) is 4.39. The Kier molecular flexibility index (Phi) is 3.10. The Balaban J connectivity index is 1.76. The van der Waals surface area contributed by atoms with Crippen LogP contribution in [0.3, 0.4) is 0 Å². The summed E-state index contributed by atoms with van der Waals surface area (Å²) in [7, 11) is 0. The molecule has 0 atom stereocenters. The maximum atomic E-state index is 13.4. The van der Waals surface area contributed by atoms with E-state index in [2.05, 4.69) is 0 Å². The molecule has 0 aromatic heterocycles. The monoisotopic (exact) mass is 276 g/mol. The zero-order valence-corrected chi connectivity index (χ0v) is 10.4. The second-order valence-corrected chi connectivity index (χ2v) is 4.39. The molecule has 0 aliphatic carbocycles. The minimum absolute atomic E-state index is 0.0251. The van der Waals surface area contributed by atoms with Gasteiger partial charge in [0.15, 0.2) is 6.61 Å². The van der Waals surface area contributed by atoms with Gasteiger partial charge in [0.2, 0.25) is 5.78 Å². The molecule has 0 bridgehead atoms. The Hall–Kier alpha value is -2.43. The summed E-state index contributed by atoms with van der Waals surface area (Å²) in [5.74, 6) is -0.246. The van der Waals surface area contributed by atoms with E-state index in [1.807, 2.05) is 0 Å². The standard InChI is InChI=1S/C15H10F2O3/c16-10-1-4-13(17)9(5-10)7-19-11-2-3-12-14(18)8-20-15(12)6-11/h1-6H,7-8H2. The zero-order chi connectivity index (χ0) is 14.1. The van der Waals surface area contributed by atoms with Crippen LogP contribution < -0.4 is 9.47 Å². The van der Waals surface area contributed by atoms with Crippen LogP contribution in [0, 0.1) is 11.6 Å². The summed E-state index contributed by atoms with van der Waals surface area (Å²) >= 11 is 0. The maximum Gasteiger partial charge on any atom is 0.203 e. The van der Waals surface area contributed by atoms with Gasteiger partial charge in [0, 0.05) is 11.6 Å². The Bertz CT molecular complexity index is 683. The van der Waals surface area contributed by atoms with Crippen molar-refractivity contribution in [2.45, 2.75) is 6.61 Å². The lowest BCUT2D eigenvalue weighted by atomic mass is 10.1. The van der Waals surface area contributed by atoms with E-state index >= 15 is 0 Å². The van der Waals surface area contributed by atoms with Crippen molar-refractivity contribution < 1.29 is 23.0 Å². The van der Waals surface area contributed by atoms with Crippen LogP contribution >= 0.6 is 0 Å². The number of carbonyl (C=O) groups is 1. The first-order valence-electron chi connectivity index (χ1n) is 6.00. The van der Waals surface area contributed by atoms with Crippen molar-refractivity contribution in [2.24, 2.45) is 0 Å². The molecule has 3 rings (SSSR count). The number of fused-ring (bicyclic) bond motifs is 1. The maximum absolute atomic E-state index is 13.4. The molecule has 0 saturated carbocycles. The molecular weight excluding hydrogens is 266 g/mol. The van der Waals surface area contributed by atoms with E-state index in [1.54, 1.807) is 18.2 Å².